The smallest absolute Gasteiger partial charge is 0.124 e. The summed E-state index contributed by atoms with van der Waals surface area (Å²) in [5.74, 6) is 0.897. The third-order valence-electron chi connectivity index (χ3n) is 4.52. The van der Waals surface area contributed by atoms with Crippen LogP contribution in [-0.2, 0) is 4.74 Å². The maximum atomic E-state index is 6.01. The van der Waals surface area contributed by atoms with Gasteiger partial charge in [0.15, 0.2) is 0 Å². The molecule has 0 saturated carbocycles. The van der Waals surface area contributed by atoms with E-state index in [1.165, 1.54) is 23.9 Å². The van der Waals surface area contributed by atoms with Crippen molar-refractivity contribution in [2.45, 2.75) is 32.3 Å². The minimum absolute atomic E-state index is 0.181. The molecular formula is C18H22N2O2. The molecule has 1 aromatic heterocycles. The molecule has 4 nitrogen and oxygen atoms in total. The summed E-state index contributed by atoms with van der Waals surface area (Å²) < 4.78 is 11.4. The van der Waals surface area contributed by atoms with Crippen molar-refractivity contribution in [2.75, 3.05) is 31.2 Å². The van der Waals surface area contributed by atoms with Crippen LogP contribution >= 0.6 is 0 Å². The fraction of sp³-hybridized carbons (Fsp3) is 0.500. The molecule has 3 heterocycles. The molecule has 1 aromatic carbocycles. The Morgan fingerprint density at radius 1 is 1.23 bits per heavy atom. The molecule has 0 amide bonds. The topological polar surface area (TPSA) is 34.6 Å². The number of nitrogens with zero attached hydrogens (tertiary/aromatic N) is 2. The van der Waals surface area contributed by atoms with Gasteiger partial charge in [0.25, 0.3) is 0 Å². The van der Waals surface area contributed by atoms with Crippen molar-refractivity contribution in [1.29, 1.82) is 0 Å². The van der Waals surface area contributed by atoms with Crippen LogP contribution in [0.4, 0.5) is 5.69 Å². The molecule has 4 rings (SSSR count). The molecule has 0 spiro atoms. The molecule has 1 unspecified atom stereocenters. The molecule has 22 heavy (non-hydrogen) atoms. The number of anilines is 1. The summed E-state index contributed by atoms with van der Waals surface area (Å²) >= 11 is 0. The molecule has 2 fully saturated rings. The predicted molar refractivity (Wildman–Crippen MR) is 87.8 cm³/mol. The van der Waals surface area contributed by atoms with Crippen LogP contribution in [0.2, 0.25) is 0 Å². The Morgan fingerprint density at radius 3 is 2.86 bits per heavy atom. The van der Waals surface area contributed by atoms with Crippen LogP contribution in [0.1, 0.15) is 25.0 Å². The van der Waals surface area contributed by atoms with Gasteiger partial charge in [0.2, 0.25) is 0 Å². The van der Waals surface area contributed by atoms with Gasteiger partial charge in [-0.3, -0.25) is 4.98 Å². The lowest BCUT2D eigenvalue weighted by Gasteiger charge is -2.21. The van der Waals surface area contributed by atoms with Gasteiger partial charge >= 0.3 is 0 Å². The highest BCUT2D eigenvalue weighted by Crippen LogP contribution is 2.32. The van der Waals surface area contributed by atoms with Gasteiger partial charge in [0.05, 0.1) is 18.7 Å². The first-order chi connectivity index (χ1) is 10.8. The van der Waals surface area contributed by atoms with Crippen LogP contribution in [0.3, 0.4) is 0 Å². The first-order valence-corrected chi connectivity index (χ1v) is 8.20. The highest BCUT2D eigenvalue weighted by Gasteiger charge is 2.19. The van der Waals surface area contributed by atoms with E-state index in [2.05, 4.69) is 36.1 Å². The SMILES string of the molecule is Cc1cc(N2CCCC2)c2ccc(OC3CCOC3)cc2n1. The van der Waals surface area contributed by atoms with E-state index in [1.54, 1.807) is 0 Å². The highest BCUT2D eigenvalue weighted by atomic mass is 16.5. The average Bonchev–Trinajstić information content (AvgIpc) is 3.19. The summed E-state index contributed by atoms with van der Waals surface area (Å²) in [6, 6.07) is 8.50. The number of aryl methyl sites for hydroxylation is 1. The lowest BCUT2D eigenvalue weighted by atomic mass is 10.1. The second-order valence-electron chi connectivity index (χ2n) is 6.26. The number of fused-ring (bicyclic) bond motifs is 1. The van der Waals surface area contributed by atoms with E-state index in [4.69, 9.17) is 14.5 Å². The number of aromatic nitrogens is 1. The molecule has 0 aliphatic carbocycles. The molecule has 0 radical (unpaired) electrons. The highest BCUT2D eigenvalue weighted by molar-refractivity contribution is 5.93. The van der Waals surface area contributed by atoms with Crippen molar-refractivity contribution in [3.8, 4) is 5.75 Å². The van der Waals surface area contributed by atoms with E-state index in [0.29, 0.717) is 6.61 Å². The van der Waals surface area contributed by atoms with E-state index < -0.39 is 0 Å². The summed E-state index contributed by atoms with van der Waals surface area (Å²) in [6.07, 6.45) is 3.72. The molecule has 2 aromatic rings. The number of hydrogen-bond donors (Lipinski definition) is 0. The largest absolute Gasteiger partial charge is 0.488 e. The fourth-order valence-electron chi connectivity index (χ4n) is 3.41. The van der Waals surface area contributed by atoms with Gasteiger partial charge < -0.3 is 14.4 Å². The monoisotopic (exact) mass is 298 g/mol. The molecule has 0 N–H and O–H groups in total. The van der Waals surface area contributed by atoms with Crippen LogP contribution in [0.25, 0.3) is 10.9 Å². The normalized spacial score (nSPS) is 21.7. The second-order valence-corrected chi connectivity index (χ2v) is 6.26. The Balaban J connectivity index is 1.69. The quantitative estimate of drug-likeness (QED) is 0.870. The summed E-state index contributed by atoms with van der Waals surface area (Å²) in [5.41, 5.74) is 3.41. The Hall–Kier alpha value is -1.81. The average molecular weight is 298 g/mol. The Morgan fingerprint density at radius 2 is 2.09 bits per heavy atom. The minimum Gasteiger partial charge on any atom is -0.488 e. The van der Waals surface area contributed by atoms with Crippen LogP contribution in [0.15, 0.2) is 24.3 Å². The summed E-state index contributed by atoms with van der Waals surface area (Å²) in [5, 5.41) is 1.22. The number of ether oxygens (including phenoxy) is 2. The number of pyridine rings is 1. The molecule has 2 aliphatic heterocycles. The van der Waals surface area contributed by atoms with Crippen molar-refractivity contribution < 1.29 is 9.47 Å². The van der Waals surface area contributed by atoms with Gasteiger partial charge in [0, 0.05) is 42.3 Å². The van der Waals surface area contributed by atoms with E-state index >= 15 is 0 Å². The third kappa shape index (κ3) is 2.63. The second kappa shape index (κ2) is 5.76. The van der Waals surface area contributed by atoms with Crippen LogP contribution in [0, 0.1) is 6.92 Å². The first-order valence-electron chi connectivity index (χ1n) is 8.20. The number of hydrogen-bond acceptors (Lipinski definition) is 4. The van der Waals surface area contributed by atoms with Gasteiger partial charge in [-0.1, -0.05) is 0 Å². The molecule has 4 heteroatoms. The van der Waals surface area contributed by atoms with E-state index in [-0.39, 0.29) is 6.10 Å². The molecule has 1 atom stereocenters. The van der Waals surface area contributed by atoms with E-state index in [1.807, 2.05) is 0 Å². The van der Waals surface area contributed by atoms with Crippen LogP contribution < -0.4 is 9.64 Å². The summed E-state index contributed by atoms with van der Waals surface area (Å²) in [6.45, 7) is 5.86. The zero-order valence-corrected chi connectivity index (χ0v) is 13.0. The fourth-order valence-corrected chi connectivity index (χ4v) is 3.41. The van der Waals surface area contributed by atoms with Gasteiger partial charge in [-0.2, -0.15) is 0 Å². The number of rotatable bonds is 3. The Bertz CT molecular complexity index is 674. The van der Waals surface area contributed by atoms with E-state index in [9.17, 15) is 0 Å². The van der Waals surface area contributed by atoms with Crippen molar-refractivity contribution in [2.24, 2.45) is 0 Å². The predicted octanol–water partition coefficient (Wildman–Crippen LogP) is 3.31. The zero-order chi connectivity index (χ0) is 14.9. The van der Waals surface area contributed by atoms with Gasteiger partial charge in [-0.25, -0.2) is 0 Å². The van der Waals surface area contributed by atoms with Crippen molar-refractivity contribution in [3.63, 3.8) is 0 Å². The Labute approximate surface area is 131 Å². The van der Waals surface area contributed by atoms with Gasteiger partial charge in [-0.05, 0) is 38.0 Å². The summed E-state index contributed by atoms with van der Waals surface area (Å²) in [7, 11) is 0. The van der Waals surface area contributed by atoms with Crippen LogP contribution in [0.5, 0.6) is 5.75 Å². The van der Waals surface area contributed by atoms with Gasteiger partial charge in [0.1, 0.15) is 11.9 Å². The molecule has 116 valence electrons. The molecular weight excluding hydrogens is 276 g/mol. The number of benzene rings is 1. The zero-order valence-electron chi connectivity index (χ0n) is 13.0. The Kier molecular flexibility index (Phi) is 3.62. The molecule has 0 bridgehead atoms. The third-order valence-corrected chi connectivity index (χ3v) is 4.52. The van der Waals surface area contributed by atoms with Crippen molar-refractivity contribution in [1.82, 2.24) is 4.98 Å². The lowest BCUT2D eigenvalue weighted by Crippen LogP contribution is -2.18. The lowest BCUT2D eigenvalue weighted by molar-refractivity contribution is 0.141. The maximum Gasteiger partial charge on any atom is 0.124 e. The van der Waals surface area contributed by atoms with E-state index in [0.717, 1.165) is 43.1 Å². The maximum absolute atomic E-state index is 6.01. The van der Waals surface area contributed by atoms with Crippen molar-refractivity contribution in [3.05, 3.63) is 30.0 Å². The van der Waals surface area contributed by atoms with Crippen LogP contribution in [-0.4, -0.2) is 37.4 Å². The molecule has 2 saturated heterocycles. The first kappa shape index (κ1) is 13.8. The standard InChI is InChI=1S/C18H22N2O2/c1-13-10-18(20-7-2-3-8-20)16-5-4-14(11-17(16)19-13)22-15-6-9-21-12-15/h4-5,10-11,15H,2-3,6-9,12H2,1H3. The molecule has 2 aliphatic rings. The minimum atomic E-state index is 0.181. The van der Waals surface area contributed by atoms with Gasteiger partial charge in [-0.15, -0.1) is 0 Å². The van der Waals surface area contributed by atoms with Crippen molar-refractivity contribution >= 4 is 16.6 Å². The summed E-state index contributed by atoms with van der Waals surface area (Å²) in [4.78, 5) is 7.18.